The van der Waals surface area contributed by atoms with Gasteiger partial charge in [-0.2, -0.15) is 0 Å². The van der Waals surface area contributed by atoms with Crippen LogP contribution in [0.4, 0.5) is 18.0 Å². The van der Waals surface area contributed by atoms with Crippen LogP contribution in [-0.4, -0.2) is 23.6 Å². The number of ether oxygens (including phenoxy) is 2. The second kappa shape index (κ2) is 4.83. The molecule has 19 heavy (non-hydrogen) atoms. The van der Waals surface area contributed by atoms with Crippen LogP contribution in [0.2, 0.25) is 0 Å². The fourth-order valence-electron chi connectivity index (χ4n) is 1.67. The molecular formula is C12H10F3NO3. The van der Waals surface area contributed by atoms with Crippen LogP contribution in [0.25, 0.3) is 10.9 Å². The zero-order valence-electron chi connectivity index (χ0n) is 9.90. The van der Waals surface area contributed by atoms with Crippen LogP contribution in [0, 0.1) is 0 Å². The summed E-state index contributed by atoms with van der Waals surface area (Å²) < 4.78 is 46.1. The lowest BCUT2D eigenvalue weighted by Crippen LogP contribution is -2.17. The average Bonchev–Trinajstić information content (AvgIpc) is 2.70. The van der Waals surface area contributed by atoms with Crippen molar-refractivity contribution in [2.75, 3.05) is 6.61 Å². The van der Waals surface area contributed by atoms with Crippen LogP contribution >= 0.6 is 0 Å². The molecule has 0 N–H and O–H groups in total. The molecule has 0 saturated carbocycles. The van der Waals surface area contributed by atoms with Gasteiger partial charge in [-0.1, -0.05) is 0 Å². The first kappa shape index (κ1) is 13.3. The standard InChI is InChI=1S/C12H10F3NO3/c1-2-18-11(17)16-6-5-8-7-9(3-4-10(8)16)19-12(13,14)15/h3-7H,2H2,1H3. The number of halogens is 3. The smallest absolute Gasteiger partial charge is 0.449 e. The van der Waals surface area contributed by atoms with E-state index < -0.39 is 12.5 Å². The van der Waals surface area contributed by atoms with Crippen LogP contribution in [0.5, 0.6) is 5.75 Å². The van der Waals surface area contributed by atoms with E-state index in [1.165, 1.54) is 29.0 Å². The van der Waals surface area contributed by atoms with Gasteiger partial charge in [-0.15, -0.1) is 13.2 Å². The molecule has 4 nitrogen and oxygen atoms in total. The summed E-state index contributed by atoms with van der Waals surface area (Å²) in [4.78, 5) is 11.6. The highest BCUT2D eigenvalue weighted by atomic mass is 19.4. The number of benzene rings is 1. The summed E-state index contributed by atoms with van der Waals surface area (Å²) in [5.74, 6) is -0.332. The van der Waals surface area contributed by atoms with Gasteiger partial charge in [-0.3, -0.25) is 4.57 Å². The van der Waals surface area contributed by atoms with Gasteiger partial charge in [0.2, 0.25) is 0 Å². The van der Waals surface area contributed by atoms with Crippen molar-refractivity contribution in [3.8, 4) is 5.75 Å². The highest BCUT2D eigenvalue weighted by Crippen LogP contribution is 2.27. The van der Waals surface area contributed by atoms with Crippen molar-refractivity contribution in [3.05, 3.63) is 30.5 Å². The van der Waals surface area contributed by atoms with Gasteiger partial charge < -0.3 is 9.47 Å². The molecule has 1 aromatic heterocycles. The summed E-state index contributed by atoms with van der Waals surface area (Å²) in [6.07, 6.45) is -3.89. The van der Waals surface area contributed by atoms with Crippen LogP contribution in [0.15, 0.2) is 30.5 Å². The molecule has 0 spiro atoms. The van der Waals surface area contributed by atoms with Crippen LogP contribution in [0.3, 0.4) is 0 Å². The maximum Gasteiger partial charge on any atom is 0.573 e. The van der Waals surface area contributed by atoms with Crippen LogP contribution < -0.4 is 4.74 Å². The predicted molar refractivity (Wildman–Crippen MR) is 61.0 cm³/mol. The molecule has 0 atom stereocenters. The molecule has 0 saturated heterocycles. The van der Waals surface area contributed by atoms with Gasteiger partial charge in [0, 0.05) is 11.6 Å². The normalized spacial score (nSPS) is 11.6. The Morgan fingerprint density at radius 2 is 2.05 bits per heavy atom. The molecule has 0 bridgehead atoms. The Hall–Kier alpha value is -2.18. The number of hydrogen-bond donors (Lipinski definition) is 0. The zero-order chi connectivity index (χ0) is 14.0. The number of fused-ring (bicyclic) bond motifs is 1. The molecule has 1 heterocycles. The second-order valence-corrected chi connectivity index (χ2v) is 3.65. The number of hydrogen-bond acceptors (Lipinski definition) is 3. The van der Waals surface area contributed by atoms with E-state index in [1.54, 1.807) is 6.92 Å². The first-order chi connectivity index (χ1) is 8.90. The maximum absolute atomic E-state index is 12.1. The number of rotatable bonds is 2. The summed E-state index contributed by atoms with van der Waals surface area (Å²) in [7, 11) is 0. The van der Waals surface area contributed by atoms with Crippen molar-refractivity contribution >= 4 is 17.0 Å². The lowest BCUT2D eigenvalue weighted by Gasteiger charge is -2.09. The summed E-state index contributed by atoms with van der Waals surface area (Å²) in [6, 6.07) is 5.23. The van der Waals surface area contributed by atoms with Crippen LogP contribution in [0.1, 0.15) is 6.92 Å². The minimum Gasteiger partial charge on any atom is -0.449 e. The topological polar surface area (TPSA) is 40.5 Å². The number of alkyl halides is 3. The van der Waals surface area contributed by atoms with E-state index in [1.807, 2.05) is 0 Å². The fraction of sp³-hybridized carbons (Fsp3) is 0.250. The molecule has 7 heteroatoms. The molecule has 2 aromatic rings. The average molecular weight is 273 g/mol. The van der Waals surface area contributed by atoms with Gasteiger partial charge in [0.1, 0.15) is 5.75 Å². The Morgan fingerprint density at radius 1 is 1.32 bits per heavy atom. The minimum atomic E-state index is -4.74. The molecular weight excluding hydrogens is 263 g/mol. The van der Waals surface area contributed by atoms with E-state index in [0.717, 1.165) is 6.07 Å². The minimum absolute atomic E-state index is 0.216. The van der Waals surface area contributed by atoms with Crippen molar-refractivity contribution in [1.82, 2.24) is 4.57 Å². The van der Waals surface area contributed by atoms with E-state index in [-0.39, 0.29) is 12.4 Å². The number of nitrogens with zero attached hydrogens (tertiary/aromatic N) is 1. The predicted octanol–water partition coefficient (Wildman–Crippen LogP) is 3.54. The maximum atomic E-state index is 12.1. The zero-order valence-corrected chi connectivity index (χ0v) is 9.90. The number of aromatic nitrogens is 1. The molecule has 0 unspecified atom stereocenters. The van der Waals surface area contributed by atoms with Gasteiger partial charge in [-0.05, 0) is 31.2 Å². The Morgan fingerprint density at radius 3 is 2.68 bits per heavy atom. The molecule has 0 aliphatic rings. The highest BCUT2D eigenvalue weighted by molar-refractivity contribution is 5.90. The van der Waals surface area contributed by atoms with Gasteiger partial charge in [-0.25, -0.2) is 4.79 Å². The van der Waals surface area contributed by atoms with Gasteiger partial charge in [0.25, 0.3) is 0 Å². The fourth-order valence-corrected chi connectivity index (χ4v) is 1.67. The quantitative estimate of drug-likeness (QED) is 0.840. The highest BCUT2D eigenvalue weighted by Gasteiger charge is 2.31. The Bertz CT molecular complexity index is 604. The molecule has 0 fully saturated rings. The first-order valence-electron chi connectivity index (χ1n) is 5.44. The van der Waals surface area contributed by atoms with E-state index in [2.05, 4.69) is 4.74 Å². The summed E-state index contributed by atoms with van der Waals surface area (Å²) in [6.45, 7) is 1.88. The van der Waals surface area contributed by atoms with Crippen molar-refractivity contribution in [2.24, 2.45) is 0 Å². The van der Waals surface area contributed by atoms with Gasteiger partial charge in [0.15, 0.2) is 0 Å². The molecule has 2 rings (SSSR count). The van der Waals surface area contributed by atoms with E-state index in [9.17, 15) is 18.0 Å². The molecule has 102 valence electrons. The van der Waals surface area contributed by atoms with Gasteiger partial charge >= 0.3 is 12.5 Å². The summed E-state index contributed by atoms with van der Waals surface area (Å²) in [5.41, 5.74) is 0.452. The van der Waals surface area contributed by atoms with Crippen LogP contribution in [-0.2, 0) is 4.74 Å². The Balaban J connectivity index is 2.34. The lowest BCUT2D eigenvalue weighted by molar-refractivity contribution is -0.274. The largest absolute Gasteiger partial charge is 0.573 e. The molecule has 0 amide bonds. The summed E-state index contributed by atoms with van der Waals surface area (Å²) in [5, 5.41) is 0.454. The monoisotopic (exact) mass is 273 g/mol. The second-order valence-electron chi connectivity index (χ2n) is 3.65. The number of carbonyl (C=O) groups excluding carboxylic acids is 1. The van der Waals surface area contributed by atoms with E-state index >= 15 is 0 Å². The number of carbonyl (C=O) groups is 1. The molecule has 0 aliphatic heterocycles. The lowest BCUT2D eigenvalue weighted by atomic mass is 10.2. The molecule has 0 radical (unpaired) electrons. The van der Waals surface area contributed by atoms with Crippen molar-refractivity contribution in [1.29, 1.82) is 0 Å². The van der Waals surface area contributed by atoms with Crippen molar-refractivity contribution in [3.63, 3.8) is 0 Å². The van der Waals surface area contributed by atoms with Gasteiger partial charge in [0.05, 0.1) is 12.1 Å². The molecule has 0 aliphatic carbocycles. The third-order valence-corrected chi connectivity index (χ3v) is 2.36. The first-order valence-corrected chi connectivity index (χ1v) is 5.44. The summed E-state index contributed by atoms with van der Waals surface area (Å²) >= 11 is 0. The van der Waals surface area contributed by atoms with Crippen molar-refractivity contribution < 1.29 is 27.4 Å². The Labute approximate surface area is 106 Å². The SMILES string of the molecule is CCOC(=O)n1ccc2cc(OC(F)(F)F)ccc21. The third kappa shape index (κ3) is 2.98. The van der Waals surface area contributed by atoms with E-state index in [4.69, 9.17) is 4.74 Å². The van der Waals surface area contributed by atoms with Crippen molar-refractivity contribution in [2.45, 2.75) is 13.3 Å². The third-order valence-electron chi connectivity index (χ3n) is 2.36. The molecule has 1 aromatic carbocycles. The van der Waals surface area contributed by atoms with E-state index in [0.29, 0.717) is 10.9 Å². The Kier molecular flexibility index (Phi) is 3.37.